The number of carbonyl (C=O) groups excluding carboxylic acids is 1. The lowest BCUT2D eigenvalue weighted by Gasteiger charge is -2.41. The number of hydrogen-bond acceptors (Lipinski definition) is 4. The average molecular weight is 332 g/mol. The Balaban J connectivity index is 1.79. The molecule has 3 atom stereocenters. The lowest BCUT2D eigenvalue weighted by Crippen LogP contribution is -2.47. The van der Waals surface area contributed by atoms with Crippen LogP contribution in [0.3, 0.4) is 0 Å². The molecule has 4 heteroatoms. The van der Waals surface area contributed by atoms with E-state index in [0.717, 1.165) is 11.1 Å². The summed E-state index contributed by atoms with van der Waals surface area (Å²) < 4.78 is 0. The molecule has 1 fully saturated rings. The van der Waals surface area contributed by atoms with E-state index in [1.54, 1.807) is 0 Å². The quantitative estimate of drug-likeness (QED) is 0.916. The van der Waals surface area contributed by atoms with Gasteiger partial charge in [-0.2, -0.15) is 5.10 Å². The molecule has 2 aromatic carbocycles. The van der Waals surface area contributed by atoms with Crippen molar-refractivity contribution in [2.45, 2.75) is 31.3 Å². The predicted molar refractivity (Wildman–Crippen MR) is 98.0 cm³/mol. The van der Waals surface area contributed by atoms with Crippen molar-refractivity contribution in [3.63, 3.8) is 0 Å². The zero-order valence-electron chi connectivity index (χ0n) is 14.1. The van der Waals surface area contributed by atoms with Crippen LogP contribution in [0.25, 0.3) is 0 Å². The zero-order valence-corrected chi connectivity index (χ0v) is 14.1. The van der Waals surface area contributed by atoms with Gasteiger partial charge in [0, 0.05) is 17.9 Å². The van der Waals surface area contributed by atoms with E-state index < -0.39 is 5.60 Å². The normalized spacial score (nSPS) is 28.8. The largest absolute Gasteiger partial charge is 0.390 e. The van der Waals surface area contributed by atoms with Crippen molar-refractivity contribution >= 4 is 17.2 Å². The number of nitrogens with zero attached hydrogens (tertiary/aromatic N) is 2. The van der Waals surface area contributed by atoms with Gasteiger partial charge in [0.2, 0.25) is 0 Å². The molecule has 0 unspecified atom stereocenters. The molecule has 1 heterocycles. The van der Waals surface area contributed by atoms with Crippen LogP contribution >= 0.6 is 0 Å². The Kier molecular flexibility index (Phi) is 3.85. The maximum absolute atomic E-state index is 13.3. The molecular weight excluding hydrogens is 312 g/mol. The van der Waals surface area contributed by atoms with E-state index in [0.29, 0.717) is 24.3 Å². The number of rotatable bonds is 2. The fraction of sp³-hybridized carbons (Fsp3) is 0.286. The SMILES string of the molecule is C[C@]1(O)CC2=NN=C(c3ccccc3)C(=O)[C@H]2[C@H](c2ccccc2)C1. The molecule has 0 aromatic heterocycles. The molecule has 1 aliphatic carbocycles. The second-order valence-electron chi connectivity index (χ2n) is 7.14. The van der Waals surface area contributed by atoms with Crippen LogP contribution in [0, 0.1) is 5.92 Å². The van der Waals surface area contributed by atoms with Crippen LogP contribution in [0.2, 0.25) is 0 Å². The van der Waals surface area contributed by atoms with Crippen molar-refractivity contribution in [1.29, 1.82) is 0 Å². The summed E-state index contributed by atoms with van der Waals surface area (Å²) >= 11 is 0. The van der Waals surface area contributed by atoms with Crippen LogP contribution in [0.5, 0.6) is 0 Å². The molecule has 0 bridgehead atoms. The standard InChI is InChI=1S/C21H20N2O2/c1-21(25)12-16(14-8-4-2-5-9-14)18-17(13-21)22-23-19(20(18)24)15-10-6-3-7-11-15/h2-11,16,18,25H,12-13H2,1H3/t16-,18-,21+/m0/s1. The van der Waals surface area contributed by atoms with Crippen LogP contribution in [-0.2, 0) is 4.79 Å². The average Bonchev–Trinajstić information content (AvgIpc) is 2.62. The second-order valence-corrected chi connectivity index (χ2v) is 7.14. The summed E-state index contributed by atoms with van der Waals surface area (Å²) in [5, 5.41) is 19.2. The minimum Gasteiger partial charge on any atom is -0.390 e. The Bertz CT molecular complexity index is 854. The monoisotopic (exact) mass is 332 g/mol. The van der Waals surface area contributed by atoms with E-state index in [2.05, 4.69) is 10.2 Å². The number of carbonyl (C=O) groups is 1. The summed E-state index contributed by atoms with van der Waals surface area (Å²) in [5.41, 5.74) is 2.07. The van der Waals surface area contributed by atoms with Gasteiger partial charge in [0.25, 0.3) is 0 Å². The third-order valence-electron chi connectivity index (χ3n) is 5.05. The van der Waals surface area contributed by atoms with E-state index in [-0.39, 0.29) is 17.6 Å². The van der Waals surface area contributed by atoms with Crippen LogP contribution in [0.15, 0.2) is 70.9 Å². The Labute approximate surface area is 146 Å². The lowest BCUT2D eigenvalue weighted by molar-refractivity contribution is -0.116. The number of benzene rings is 2. The van der Waals surface area contributed by atoms with Gasteiger partial charge in [-0.15, -0.1) is 5.10 Å². The summed E-state index contributed by atoms with van der Waals surface area (Å²) in [6.45, 7) is 1.81. The number of aliphatic hydroxyl groups is 1. The fourth-order valence-corrected chi connectivity index (χ4v) is 3.95. The summed E-state index contributed by atoms with van der Waals surface area (Å²) in [6, 6.07) is 19.4. The molecule has 1 N–H and O–H groups in total. The van der Waals surface area contributed by atoms with E-state index in [9.17, 15) is 9.90 Å². The van der Waals surface area contributed by atoms with Crippen LogP contribution in [-0.4, -0.2) is 27.9 Å². The smallest absolute Gasteiger partial charge is 0.193 e. The number of fused-ring (bicyclic) bond motifs is 1. The number of hydrogen-bond donors (Lipinski definition) is 1. The van der Waals surface area contributed by atoms with E-state index in [1.807, 2.05) is 67.6 Å². The maximum Gasteiger partial charge on any atom is 0.193 e. The first-order valence-corrected chi connectivity index (χ1v) is 8.56. The third-order valence-corrected chi connectivity index (χ3v) is 5.05. The summed E-state index contributed by atoms with van der Waals surface area (Å²) in [5.74, 6) is -0.443. The van der Waals surface area contributed by atoms with Crippen LogP contribution < -0.4 is 0 Å². The minimum atomic E-state index is -0.879. The molecule has 4 nitrogen and oxygen atoms in total. The molecule has 1 aliphatic heterocycles. The highest BCUT2D eigenvalue weighted by molar-refractivity contribution is 6.50. The molecule has 4 rings (SSSR count). The van der Waals surface area contributed by atoms with Gasteiger partial charge < -0.3 is 5.11 Å². The Hall–Kier alpha value is -2.59. The maximum atomic E-state index is 13.3. The first-order valence-electron chi connectivity index (χ1n) is 8.56. The minimum absolute atomic E-state index is 0.000512. The molecule has 0 radical (unpaired) electrons. The van der Waals surface area contributed by atoms with Crippen LogP contribution in [0.4, 0.5) is 0 Å². The molecule has 25 heavy (non-hydrogen) atoms. The van der Waals surface area contributed by atoms with Gasteiger partial charge in [-0.25, -0.2) is 0 Å². The van der Waals surface area contributed by atoms with Crippen molar-refractivity contribution in [2.75, 3.05) is 0 Å². The van der Waals surface area contributed by atoms with Gasteiger partial charge >= 0.3 is 0 Å². The molecule has 1 saturated carbocycles. The molecule has 2 aliphatic rings. The fourth-order valence-electron chi connectivity index (χ4n) is 3.95. The first kappa shape index (κ1) is 15.9. The van der Waals surface area contributed by atoms with Crippen molar-refractivity contribution in [1.82, 2.24) is 0 Å². The number of ketones is 1. The summed E-state index contributed by atoms with van der Waals surface area (Å²) in [6.07, 6.45) is 0.923. The molecule has 0 spiro atoms. The van der Waals surface area contributed by atoms with Crippen molar-refractivity contribution < 1.29 is 9.90 Å². The van der Waals surface area contributed by atoms with Crippen LogP contribution in [0.1, 0.15) is 36.8 Å². The van der Waals surface area contributed by atoms with Gasteiger partial charge in [0.1, 0.15) is 5.71 Å². The van der Waals surface area contributed by atoms with Gasteiger partial charge in [0.15, 0.2) is 5.78 Å². The Morgan fingerprint density at radius 2 is 1.64 bits per heavy atom. The lowest BCUT2D eigenvalue weighted by atomic mass is 9.66. The van der Waals surface area contributed by atoms with Gasteiger partial charge in [0.05, 0.1) is 17.2 Å². The first-order chi connectivity index (χ1) is 12.1. The summed E-state index contributed by atoms with van der Waals surface area (Å²) in [4.78, 5) is 13.3. The van der Waals surface area contributed by atoms with Gasteiger partial charge in [-0.3, -0.25) is 4.79 Å². The number of Topliss-reactive ketones (excluding diaryl/α,β-unsaturated/α-hetero) is 1. The highest BCUT2D eigenvalue weighted by Crippen LogP contribution is 2.43. The Morgan fingerprint density at radius 3 is 2.32 bits per heavy atom. The van der Waals surface area contributed by atoms with Gasteiger partial charge in [-0.1, -0.05) is 60.7 Å². The second kappa shape index (κ2) is 6.05. The third kappa shape index (κ3) is 2.94. The summed E-state index contributed by atoms with van der Waals surface area (Å²) in [7, 11) is 0. The molecular formula is C21H20N2O2. The molecule has 0 amide bonds. The molecule has 126 valence electrons. The van der Waals surface area contributed by atoms with Gasteiger partial charge in [-0.05, 0) is 18.9 Å². The highest BCUT2D eigenvalue weighted by atomic mass is 16.3. The molecule has 0 saturated heterocycles. The topological polar surface area (TPSA) is 62.0 Å². The highest BCUT2D eigenvalue weighted by Gasteiger charge is 2.47. The van der Waals surface area contributed by atoms with E-state index in [4.69, 9.17) is 0 Å². The van der Waals surface area contributed by atoms with Crippen molar-refractivity contribution in [3.05, 3.63) is 71.8 Å². The van der Waals surface area contributed by atoms with Crippen molar-refractivity contribution in [2.24, 2.45) is 16.1 Å². The van der Waals surface area contributed by atoms with E-state index in [1.165, 1.54) is 0 Å². The Morgan fingerprint density at radius 1 is 1.00 bits per heavy atom. The predicted octanol–water partition coefficient (Wildman–Crippen LogP) is 3.36. The van der Waals surface area contributed by atoms with Crippen molar-refractivity contribution in [3.8, 4) is 0 Å². The molecule has 2 aromatic rings. The zero-order chi connectivity index (χ0) is 17.4. The van der Waals surface area contributed by atoms with E-state index >= 15 is 0 Å².